The predicted molar refractivity (Wildman–Crippen MR) is 119 cm³/mol. The summed E-state index contributed by atoms with van der Waals surface area (Å²) in [6, 6.07) is 3.04. The first kappa shape index (κ1) is 25.4. The first-order valence-corrected chi connectivity index (χ1v) is 12.8. The third-order valence-electron chi connectivity index (χ3n) is 6.43. The van der Waals surface area contributed by atoms with Crippen molar-refractivity contribution in [3.63, 3.8) is 0 Å². The SMILES string of the molecule is CCS(=O)(=O)N[C@@H]1[C@H](Cc2cccc(-c3cccc(F)c3F)c2F)N(C(=O)N2CCC2)CC1(F)F. The van der Waals surface area contributed by atoms with Crippen LogP contribution in [0.15, 0.2) is 36.4 Å². The number of nitrogens with zero attached hydrogens (tertiary/aromatic N) is 2. The molecule has 2 aromatic carbocycles. The molecule has 2 aromatic rings. The largest absolute Gasteiger partial charge is 0.325 e. The number of benzene rings is 2. The smallest absolute Gasteiger partial charge is 0.320 e. The molecule has 2 aliphatic heterocycles. The summed E-state index contributed by atoms with van der Waals surface area (Å²) >= 11 is 0. The molecule has 2 amide bonds. The monoisotopic (exact) mass is 517 g/mol. The van der Waals surface area contributed by atoms with Gasteiger partial charge in [-0.05, 0) is 31.4 Å². The standard InChI is InChI=1S/C23H24F5N3O3S/c1-2-35(33,34)29-21-18(31(13-23(21,27)28)22(32)30-10-5-11-30)12-14-6-3-7-15(19(14)25)16-8-4-9-17(24)20(16)26/h3-4,6-9,18,21,29H,2,5,10-13H2,1H3/t18-,21+/m0/s1. The van der Waals surface area contributed by atoms with Crippen LogP contribution in [-0.2, 0) is 16.4 Å². The summed E-state index contributed by atoms with van der Waals surface area (Å²) in [6.07, 6.45) is 0.241. The zero-order valence-electron chi connectivity index (χ0n) is 18.8. The van der Waals surface area contributed by atoms with Gasteiger partial charge >= 0.3 is 6.03 Å². The van der Waals surface area contributed by atoms with Gasteiger partial charge in [-0.25, -0.2) is 39.9 Å². The first-order chi connectivity index (χ1) is 16.4. The van der Waals surface area contributed by atoms with Crippen molar-refractivity contribution in [3.05, 3.63) is 59.4 Å². The van der Waals surface area contributed by atoms with Crippen molar-refractivity contribution in [1.82, 2.24) is 14.5 Å². The molecule has 2 saturated heterocycles. The molecule has 0 radical (unpaired) electrons. The molecule has 0 aliphatic carbocycles. The number of rotatable bonds is 6. The van der Waals surface area contributed by atoms with E-state index in [1.807, 2.05) is 4.72 Å². The molecule has 0 unspecified atom stereocenters. The fourth-order valence-corrected chi connectivity index (χ4v) is 5.24. The number of nitrogens with one attached hydrogen (secondary N) is 1. The molecule has 1 N–H and O–H groups in total. The maximum atomic E-state index is 15.5. The van der Waals surface area contributed by atoms with Crippen LogP contribution < -0.4 is 4.72 Å². The maximum absolute atomic E-state index is 15.5. The molecule has 35 heavy (non-hydrogen) atoms. The van der Waals surface area contributed by atoms with Gasteiger partial charge in [-0.3, -0.25) is 0 Å². The molecule has 2 atom stereocenters. The number of halogens is 5. The Morgan fingerprint density at radius 1 is 1.06 bits per heavy atom. The second kappa shape index (κ2) is 9.38. The van der Waals surface area contributed by atoms with Gasteiger partial charge in [0.25, 0.3) is 5.92 Å². The lowest BCUT2D eigenvalue weighted by Crippen LogP contribution is -2.55. The number of amides is 2. The molecule has 2 heterocycles. The number of carbonyl (C=O) groups is 1. The van der Waals surface area contributed by atoms with Crippen LogP contribution in [0.4, 0.5) is 26.7 Å². The Hall–Kier alpha value is -2.73. The van der Waals surface area contributed by atoms with Gasteiger partial charge in [0, 0.05) is 24.2 Å². The first-order valence-electron chi connectivity index (χ1n) is 11.1. The van der Waals surface area contributed by atoms with Crippen molar-refractivity contribution in [2.75, 3.05) is 25.4 Å². The number of alkyl halides is 2. The van der Waals surface area contributed by atoms with Crippen LogP contribution >= 0.6 is 0 Å². The second-order valence-corrected chi connectivity index (χ2v) is 10.7. The van der Waals surface area contributed by atoms with Gasteiger partial charge in [0.2, 0.25) is 10.0 Å². The molecule has 2 fully saturated rings. The zero-order chi connectivity index (χ0) is 25.5. The predicted octanol–water partition coefficient (Wildman–Crippen LogP) is 3.77. The van der Waals surface area contributed by atoms with Crippen LogP contribution in [0.1, 0.15) is 18.9 Å². The Morgan fingerprint density at radius 3 is 2.29 bits per heavy atom. The summed E-state index contributed by atoms with van der Waals surface area (Å²) < 4.78 is 100.0. The fourth-order valence-electron chi connectivity index (χ4n) is 4.35. The lowest BCUT2D eigenvalue weighted by molar-refractivity contribution is -0.00560. The molecule has 0 saturated carbocycles. The molecule has 0 spiro atoms. The van der Waals surface area contributed by atoms with Gasteiger partial charge in [0.15, 0.2) is 11.6 Å². The van der Waals surface area contributed by atoms with Crippen molar-refractivity contribution < 1.29 is 35.2 Å². The Balaban J connectivity index is 1.74. The zero-order valence-corrected chi connectivity index (χ0v) is 19.6. The molecule has 4 rings (SSSR count). The van der Waals surface area contributed by atoms with Crippen molar-refractivity contribution in [3.8, 4) is 11.1 Å². The summed E-state index contributed by atoms with van der Waals surface area (Å²) in [5.74, 6) is -7.49. The van der Waals surface area contributed by atoms with E-state index in [0.717, 1.165) is 11.0 Å². The minimum absolute atomic E-state index is 0.143. The molecule has 0 aromatic heterocycles. The van der Waals surface area contributed by atoms with Gasteiger partial charge in [0.05, 0.1) is 18.3 Å². The van der Waals surface area contributed by atoms with E-state index in [9.17, 15) is 22.0 Å². The molecule has 0 bridgehead atoms. The average molecular weight is 518 g/mol. The minimum atomic E-state index is -4.10. The van der Waals surface area contributed by atoms with E-state index >= 15 is 13.2 Å². The molecular formula is C23H24F5N3O3S. The van der Waals surface area contributed by atoms with Crippen molar-refractivity contribution >= 4 is 16.1 Å². The molecular weight excluding hydrogens is 493 g/mol. The molecule has 12 heteroatoms. The van der Waals surface area contributed by atoms with E-state index in [0.29, 0.717) is 19.5 Å². The van der Waals surface area contributed by atoms with Crippen LogP contribution in [0, 0.1) is 17.5 Å². The highest BCUT2D eigenvalue weighted by Gasteiger charge is 2.57. The van der Waals surface area contributed by atoms with E-state index < -0.39 is 70.2 Å². The molecule has 2 aliphatic rings. The van der Waals surface area contributed by atoms with Gasteiger partial charge in [0.1, 0.15) is 11.9 Å². The Kier molecular flexibility index (Phi) is 6.80. The summed E-state index contributed by atoms with van der Waals surface area (Å²) in [7, 11) is -4.10. The molecule has 190 valence electrons. The summed E-state index contributed by atoms with van der Waals surface area (Å²) in [5, 5.41) is 0. The lowest BCUT2D eigenvalue weighted by atomic mass is 9.95. The Labute approximate surface area is 199 Å². The number of likely N-dealkylation sites (tertiary alicyclic amines) is 2. The number of sulfonamides is 1. The number of urea groups is 1. The van der Waals surface area contributed by atoms with E-state index in [1.165, 1.54) is 42.2 Å². The highest BCUT2D eigenvalue weighted by Crippen LogP contribution is 2.37. The fraction of sp³-hybridized carbons (Fsp3) is 0.435. The topological polar surface area (TPSA) is 69.7 Å². The van der Waals surface area contributed by atoms with Gasteiger partial charge in [-0.2, -0.15) is 0 Å². The summed E-state index contributed by atoms with van der Waals surface area (Å²) in [5.41, 5.74) is -0.774. The van der Waals surface area contributed by atoms with Gasteiger partial charge < -0.3 is 9.80 Å². The van der Waals surface area contributed by atoms with Crippen molar-refractivity contribution in [1.29, 1.82) is 0 Å². The van der Waals surface area contributed by atoms with Crippen molar-refractivity contribution in [2.45, 2.75) is 37.8 Å². The van der Waals surface area contributed by atoms with Gasteiger partial charge in [-0.1, -0.05) is 30.3 Å². The van der Waals surface area contributed by atoms with Crippen LogP contribution in [0.2, 0.25) is 0 Å². The van der Waals surface area contributed by atoms with Crippen LogP contribution in [-0.4, -0.2) is 67.6 Å². The van der Waals surface area contributed by atoms with Gasteiger partial charge in [-0.15, -0.1) is 0 Å². The maximum Gasteiger partial charge on any atom is 0.320 e. The summed E-state index contributed by atoms with van der Waals surface area (Å²) in [6.45, 7) is 0.997. The Bertz CT molecular complexity index is 1240. The normalized spacial score (nSPS) is 21.8. The third kappa shape index (κ3) is 4.86. The van der Waals surface area contributed by atoms with Crippen LogP contribution in [0.3, 0.4) is 0 Å². The van der Waals surface area contributed by atoms with E-state index in [-0.39, 0.29) is 16.7 Å². The third-order valence-corrected chi connectivity index (χ3v) is 7.80. The Morgan fingerprint density at radius 2 is 1.69 bits per heavy atom. The van der Waals surface area contributed by atoms with Crippen molar-refractivity contribution in [2.24, 2.45) is 0 Å². The molecule has 6 nitrogen and oxygen atoms in total. The number of hydrogen-bond donors (Lipinski definition) is 1. The van der Waals surface area contributed by atoms with Crippen LogP contribution in [0.25, 0.3) is 11.1 Å². The second-order valence-electron chi connectivity index (χ2n) is 8.66. The minimum Gasteiger partial charge on any atom is -0.325 e. The number of hydrogen-bond acceptors (Lipinski definition) is 3. The van der Waals surface area contributed by atoms with Crippen LogP contribution in [0.5, 0.6) is 0 Å². The summed E-state index contributed by atoms with van der Waals surface area (Å²) in [4.78, 5) is 15.1. The van der Waals surface area contributed by atoms with E-state index in [4.69, 9.17) is 0 Å². The van der Waals surface area contributed by atoms with E-state index in [1.54, 1.807) is 0 Å². The number of carbonyl (C=O) groups excluding carboxylic acids is 1. The quantitative estimate of drug-likeness (QED) is 0.594. The highest BCUT2D eigenvalue weighted by atomic mass is 32.2. The van der Waals surface area contributed by atoms with E-state index in [2.05, 4.69) is 0 Å². The highest BCUT2D eigenvalue weighted by molar-refractivity contribution is 7.89. The lowest BCUT2D eigenvalue weighted by Gasteiger charge is -2.37. The average Bonchev–Trinajstić information content (AvgIpc) is 3.00.